The minimum Gasteiger partial charge on any atom is -0.452 e. The number of carbonyl (C=O) groups is 2. The monoisotopic (exact) mass is 389 g/mol. The number of hydrogen-bond donors (Lipinski definition) is 0. The van der Waals surface area contributed by atoms with E-state index >= 15 is 0 Å². The van der Waals surface area contributed by atoms with Gasteiger partial charge in [0.1, 0.15) is 5.69 Å². The summed E-state index contributed by atoms with van der Waals surface area (Å²) in [5.41, 5.74) is 0.495. The molecule has 0 spiro atoms. The van der Waals surface area contributed by atoms with Gasteiger partial charge in [-0.05, 0) is 58.1 Å². The van der Waals surface area contributed by atoms with Gasteiger partial charge in [-0.15, -0.1) is 0 Å². The topological polar surface area (TPSA) is 93.0 Å². The number of amides is 1. The molecule has 0 bridgehead atoms. The minimum atomic E-state index is -0.721. The molecule has 28 heavy (non-hydrogen) atoms. The lowest BCUT2D eigenvalue weighted by Gasteiger charge is -2.38. The van der Waals surface area contributed by atoms with Gasteiger partial charge >= 0.3 is 5.97 Å². The lowest BCUT2D eigenvalue weighted by molar-refractivity contribution is -0.384. The highest BCUT2D eigenvalue weighted by Gasteiger charge is 2.30. The number of esters is 1. The van der Waals surface area contributed by atoms with E-state index in [0.29, 0.717) is 5.69 Å². The summed E-state index contributed by atoms with van der Waals surface area (Å²) in [4.78, 5) is 39.6. The number of nitro benzene ring substituents is 1. The van der Waals surface area contributed by atoms with Crippen molar-refractivity contribution in [3.8, 4) is 0 Å². The van der Waals surface area contributed by atoms with Crippen LogP contribution in [0.1, 0.15) is 56.3 Å². The standard InChI is InChI=1S/C20H27N3O5/c1-14-6-5-7-15(2)22(14)19(24)13-28-20(25)16-8-9-17(18(12-16)23(26)27)21-10-3-4-11-21/h8-9,12,14-15H,3-7,10-11,13H2,1-2H3/t14-,15+. The SMILES string of the molecule is C[C@@H]1CCC[C@H](C)N1C(=O)COC(=O)c1ccc(N2CCCC2)c([N+](=O)[O-])c1. The van der Waals surface area contributed by atoms with Crippen molar-refractivity contribution in [2.24, 2.45) is 0 Å². The van der Waals surface area contributed by atoms with Crippen LogP contribution < -0.4 is 4.90 Å². The van der Waals surface area contributed by atoms with Gasteiger partial charge in [0.15, 0.2) is 6.61 Å². The van der Waals surface area contributed by atoms with Crippen molar-refractivity contribution in [2.45, 2.75) is 58.0 Å². The number of rotatable bonds is 5. The van der Waals surface area contributed by atoms with Crippen LogP contribution in [0.5, 0.6) is 0 Å². The fraction of sp³-hybridized carbons (Fsp3) is 0.600. The Labute approximate surface area is 164 Å². The van der Waals surface area contributed by atoms with Crippen LogP contribution in [-0.2, 0) is 9.53 Å². The van der Waals surface area contributed by atoms with Crippen LogP contribution >= 0.6 is 0 Å². The zero-order valence-electron chi connectivity index (χ0n) is 16.4. The molecule has 0 radical (unpaired) electrons. The highest BCUT2D eigenvalue weighted by Crippen LogP contribution is 2.32. The molecular formula is C20H27N3O5. The van der Waals surface area contributed by atoms with Gasteiger partial charge in [-0.25, -0.2) is 4.79 Å². The normalized spacial score (nSPS) is 22.2. The van der Waals surface area contributed by atoms with Gasteiger partial charge in [0.2, 0.25) is 0 Å². The maximum Gasteiger partial charge on any atom is 0.338 e. The fourth-order valence-corrected chi connectivity index (χ4v) is 4.22. The molecule has 2 aliphatic rings. The second-order valence-corrected chi connectivity index (χ2v) is 7.66. The summed E-state index contributed by atoms with van der Waals surface area (Å²) in [5, 5.41) is 11.5. The second kappa shape index (κ2) is 8.58. The quantitative estimate of drug-likeness (QED) is 0.436. The molecule has 1 aromatic carbocycles. The summed E-state index contributed by atoms with van der Waals surface area (Å²) in [7, 11) is 0. The molecule has 152 valence electrons. The summed E-state index contributed by atoms with van der Waals surface area (Å²) < 4.78 is 5.17. The highest BCUT2D eigenvalue weighted by atomic mass is 16.6. The van der Waals surface area contributed by atoms with Crippen molar-refractivity contribution in [1.82, 2.24) is 4.90 Å². The van der Waals surface area contributed by atoms with Crippen molar-refractivity contribution in [2.75, 3.05) is 24.6 Å². The molecule has 0 unspecified atom stereocenters. The zero-order chi connectivity index (χ0) is 20.3. The van der Waals surface area contributed by atoms with E-state index < -0.39 is 10.9 Å². The lowest BCUT2D eigenvalue weighted by atomic mass is 9.97. The Bertz CT molecular complexity index is 750. The number of hydrogen-bond acceptors (Lipinski definition) is 6. The molecule has 2 atom stereocenters. The predicted molar refractivity (Wildman–Crippen MR) is 104 cm³/mol. The van der Waals surface area contributed by atoms with Gasteiger partial charge < -0.3 is 14.5 Å². The molecule has 2 saturated heterocycles. The first-order valence-electron chi connectivity index (χ1n) is 9.90. The molecule has 3 rings (SSSR count). The molecule has 2 fully saturated rings. The van der Waals surface area contributed by atoms with Gasteiger partial charge in [0.25, 0.3) is 11.6 Å². The van der Waals surface area contributed by atoms with Crippen LogP contribution in [0.4, 0.5) is 11.4 Å². The summed E-state index contributed by atoms with van der Waals surface area (Å²) in [6.07, 6.45) is 4.95. The van der Waals surface area contributed by atoms with Gasteiger partial charge in [-0.2, -0.15) is 0 Å². The molecule has 1 amide bonds. The average Bonchev–Trinajstić information content (AvgIpc) is 3.20. The maximum absolute atomic E-state index is 12.5. The third-order valence-electron chi connectivity index (χ3n) is 5.66. The molecule has 0 N–H and O–H groups in total. The van der Waals surface area contributed by atoms with E-state index in [-0.39, 0.29) is 35.8 Å². The van der Waals surface area contributed by atoms with Crippen LogP contribution in [0.25, 0.3) is 0 Å². The molecule has 0 aliphatic carbocycles. The Morgan fingerprint density at radius 2 is 1.79 bits per heavy atom. The summed E-state index contributed by atoms with van der Waals surface area (Å²) in [6, 6.07) is 4.61. The van der Waals surface area contributed by atoms with Crippen molar-refractivity contribution >= 4 is 23.3 Å². The van der Waals surface area contributed by atoms with Crippen molar-refractivity contribution < 1.29 is 19.2 Å². The second-order valence-electron chi connectivity index (χ2n) is 7.66. The van der Waals surface area contributed by atoms with Crippen LogP contribution in [0.2, 0.25) is 0 Å². The Balaban J connectivity index is 1.67. The first-order chi connectivity index (χ1) is 13.4. The summed E-state index contributed by atoms with van der Waals surface area (Å²) >= 11 is 0. The number of carbonyl (C=O) groups excluding carboxylic acids is 2. The number of nitrogens with zero attached hydrogens (tertiary/aromatic N) is 3. The number of piperidine rings is 1. The van der Waals surface area contributed by atoms with Gasteiger partial charge in [-0.3, -0.25) is 14.9 Å². The summed E-state index contributed by atoms with van der Waals surface area (Å²) in [5.74, 6) is -0.946. The van der Waals surface area contributed by atoms with Crippen LogP contribution in [0, 0.1) is 10.1 Å². The van der Waals surface area contributed by atoms with Crippen LogP contribution in [-0.4, -0.2) is 53.5 Å². The van der Waals surface area contributed by atoms with Gasteiger partial charge in [-0.1, -0.05) is 0 Å². The zero-order valence-corrected chi connectivity index (χ0v) is 16.4. The molecular weight excluding hydrogens is 362 g/mol. The van der Waals surface area contributed by atoms with E-state index in [9.17, 15) is 19.7 Å². The maximum atomic E-state index is 12.5. The highest BCUT2D eigenvalue weighted by molar-refractivity contribution is 5.93. The van der Waals surface area contributed by atoms with Gasteiger partial charge in [0, 0.05) is 31.2 Å². The predicted octanol–water partition coefficient (Wildman–Crippen LogP) is 3.14. The summed E-state index contributed by atoms with van der Waals surface area (Å²) in [6.45, 7) is 5.18. The Morgan fingerprint density at radius 1 is 1.14 bits per heavy atom. The van der Waals surface area contributed by atoms with Crippen molar-refractivity contribution in [1.29, 1.82) is 0 Å². The largest absolute Gasteiger partial charge is 0.452 e. The number of benzene rings is 1. The Kier molecular flexibility index (Phi) is 6.16. The van der Waals surface area contributed by atoms with E-state index in [0.717, 1.165) is 45.2 Å². The first-order valence-corrected chi connectivity index (χ1v) is 9.90. The fourth-order valence-electron chi connectivity index (χ4n) is 4.22. The lowest BCUT2D eigenvalue weighted by Crippen LogP contribution is -2.49. The van der Waals surface area contributed by atoms with Crippen LogP contribution in [0.3, 0.4) is 0 Å². The Morgan fingerprint density at radius 3 is 2.39 bits per heavy atom. The van der Waals surface area contributed by atoms with E-state index in [1.54, 1.807) is 11.0 Å². The average molecular weight is 389 g/mol. The Hall–Kier alpha value is -2.64. The van der Waals surface area contributed by atoms with Crippen molar-refractivity contribution in [3.05, 3.63) is 33.9 Å². The third-order valence-corrected chi connectivity index (χ3v) is 5.66. The number of ether oxygens (including phenoxy) is 1. The molecule has 2 aliphatic heterocycles. The molecule has 1 aromatic rings. The van der Waals surface area contributed by atoms with E-state index in [4.69, 9.17) is 4.74 Å². The molecule has 0 aromatic heterocycles. The number of anilines is 1. The molecule has 8 heteroatoms. The molecule has 8 nitrogen and oxygen atoms in total. The van der Waals surface area contributed by atoms with Crippen LogP contribution in [0.15, 0.2) is 18.2 Å². The molecule has 2 heterocycles. The smallest absolute Gasteiger partial charge is 0.338 e. The molecule has 0 saturated carbocycles. The van der Waals surface area contributed by atoms with E-state index in [1.807, 2.05) is 18.7 Å². The van der Waals surface area contributed by atoms with Crippen molar-refractivity contribution in [3.63, 3.8) is 0 Å². The van der Waals surface area contributed by atoms with E-state index in [2.05, 4.69) is 0 Å². The minimum absolute atomic E-state index is 0.0854. The third kappa shape index (κ3) is 4.26. The number of likely N-dealkylation sites (tertiary alicyclic amines) is 1. The number of nitro groups is 1. The van der Waals surface area contributed by atoms with Gasteiger partial charge in [0.05, 0.1) is 10.5 Å². The first kappa shape index (κ1) is 20.1. The van der Waals surface area contributed by atoms with E-state index in [1.165, 1.54) is 12.1 Å².